The first kappa shape index (κ1) is 17.9. The fraction of sp³-hybridized carbons (Fsp3) is 0.250. The highest BCUT2D eigenvalue weighted by atomic mass is 35.5. The Morgan fingerprint density at radius 2 is 2.04 bits per heavy atom. The average Bonchev–Trinajstić information content (AvgIpc) is 3.32. The maximum atomic E-state index is 12.7. The Morgan fingerprint density at radius 1 is 1.22 bits per heavy atom. The highest BCUT2D eigenvalue weighted by molar-refractivity contribution is 7.17. The molecule has 138 valence electrons. The molecule has 1 fully saturated rings. The van der Waals surface area contributed by atoms with Gasteiger partial charge in [0.1, 0.15) is 15.7 Å². The molecule has 1 aliphatic rings. The minimum absolute atomic E-state index is 0.172. The monoisotopic (exact) mass is 398 g/mol. The van der Waals surface area contributed by atoms with E-state index in [9.17, 15) is 4.79 Å². The zero-order valence-electron chi connectivity index (χ0n) is 14.9. The van der Waals surface area contributed by atoms with Crippen LogP contribution in [0.3, 0.4) is 0 Å². The van der Waals surface area contributed by atoms with Crippen molar-refractivity contribution in [2.75, 3.05) is 23.3 Å². The number of aromatic nitrogens is 2. The molecule has 0 spiro atoms. The first-order valence-electron chi connectivity index (χ1n) is 8.86. The molecule has 3 aromatic rings. The Morgan fingerprint density at radius 3 is 2.74 bits per heavy atom. The lowest BCUT2D eigenvalue weighted by Gasteiger charge is -2.16. The molecule has 4 rings (SSSR count). The van der Waals surface area contributed by atoms with Crippen molar-refractivity contribution in [3.63, 3.8) is 0 Å². The van der Waals surface area contributed by atoms with Crippen LogP contribution >= 0.6 is 22.9 Å². The average molecular weight is 399 g/mol. The molecule has 1 aliphatic heterocycles. The summed E-state index contributed by atoms with van der Waals surface area (Å²) in [5.74, 6) is 0.789. The number of carbonyl (C=O) groups is 1. The van der Waals surface area contributed by atoms with Crippen molar-refractivity contribution in [2.45, 2.75) is 19.8 Å². The molecule has 3 heterocycles. The van der Waals surface area contributed by atoms with Crippen LogP contribution in [-0.2, 0) is 0 Å². The quantitative estimate of drug-likeness (QED) is 0.670. The molecule has 0 radical (unpaired) electrons. The van der Waals surface area contributed by atoms with E-state index in [1.807, 2.05) is 43.3 Å². The van der Waals surface area contributed by atoms with Crippen LogP contribution in [0.15, 0.2) is 42.6 Å². The zero-order chi connectivity index (χ0) is 18.8. The highest BCUT2D eigenvalue weighted by Gasteiger charge is 2.17. The van der Waals surface area contributed by atoms with E-state index in [1.165, 1.54) is 24.2 Å². The van der Waals surface area contributed by atoms with Crippen molar-refractivity contribution in [1.29, 1.82) is 0 Å². The smallest absolute Gasteiger partial charge is 0.267 e. The van der Waals surface area contributed by atoms with Crippen LogP contribution < -0.4 is 10.2 Å². The van der Waals surface area contributed by atoms with Gasteiger partial charge in [0, 0.05) is 23.7 Å². The van der Waals surface area contributed by atoms with Gasteiger partial charge in [0.2, 0.25) is 0 Å². The number of benzene rings is 1. The second-order valence-corrected chi connectivity index (χ2v) is 7.93. The SMILES string of the molecule is Cc1nc(-c2cccc(Cl)c2)sc1C(=O)Nc1ccc(N2CCCC2)nc1. The molecule has 7 heteroatoms. The van der Waals surface area contributed by atoms with Crippen LogP contribution in [0.4, 0.5) is 11.5 Å². The summed E-state index contributed by atoms with van der Waals surface area (Å²) in [5.41, 5.74) is 2.29. The van der Waals surface area contributed by atoms with Gasteiger partial charge >= 0.3 is 0 Å². The number of nitrogens with one attached hydrogen (secondary N) is 1. The predicted molar refractivity (Wildman–Crippen MR) is 111 cm³/mol. The van der Waals surface area contributed by atoms with Crippen LogP contribution in [0.5, 0.6) is 0 Å². The van der Waals surface area contributed by atoms with Crippen LogP contribution in [0.2, 0.25) is 5.02 Å². The summed E-state index contributed by atoms with van der Waals surface area (Å²) >= 11 is 7.42. The minimum atomic E-state index is -0.172. The van der Waals surface area contributed by atoms with Crippen LogP contribution in [-0.4, -0.2) is 29.0 Å². The van der Waals surface area contributed by atoms with Gasteiger partial charge in [-0.05, 0) is 44.0 Å². The van der Waals surface area contributed by atoms with Crippen molar-refractivity contribution >= 4 is 40.4 Å². The second-order valence-electron chi connectivity index (χ2n) is 6.50. The lowest BCUT2D eigenvalue weighted by Crippen LogP contribution is -2.19. The molecule has 2 aromatic heterocycles. The van der Waals surface area contributed by atoms with Crippen molar-refractivity contribution in [3.05, 3.63) is 58.2 Å². The Hall–Kier alpha value is -2.44. The van der Waals surface area contributed by atoms with Gasteiger partial charge in [-0.15, -0.1) is 11.3 Å². The Kier molecular flexibility index (Phi) is 5.09. The molecule has 0 unspecified atom stereocenters. The van der Waals surface area contributed by atoms with Crippen molar-refractivity contribution < 1.29 is 4.79 Å². The molecule has 0 bridgehead atoms. The summed E-state index contributed by atoms with van der Waals surface area (Å²) in [6, 6.07) is 11.3. The van der Waals surface area contributed by atoms with E-state index in [-0.39, 0.29) is 5.91 Å². The predicted octanol–water partition coefficient (Wildman–Crippen LogP) is 5.02. The summed E-state index contributed by atoms with van der Waals surface area (Å²) in [6.07, 6.45) is 4.12. The third-order valence-electron chi connectivity index (χ3n) is 4.51. The van der Waals surface area contributed by atoms with Gasteiger partial charge in [0.05, 0.1) is 17.6 Å². The number of aryl methyl sites for hydroxylation is 1. The highest BCUT2D eigenvalue weighted by Crippen LogP contribution is 2.30. The molecule has 1 aromatic carbocycles. The summed E-state index contributed by atoms with van der Waals surface area (Å²) in [6.45, 7) is 3.93. The number of hydrogen-bond acceptors (Lipinski definition) is 5. The van der Waals surface area contributed by atoms with E-state index >= 15 is 0 Å². The van der Waals surface area contributed by atoms with Gasteiger partial charge in [-0.3, -0.25) is 4.79 Å². The maximum Gasteiger partial charge on any atom is 0.267 e. The zero-order valence-corrected chi connectivity index (χ0v) is 16.5. The van der Waals surface area contributed by atoms with Crippen LogP contribution in [0.25, 0.3) is 10.6 Å². The maximum absolute atomic E-state index is 12.7. The fourth-order valence-corrected chi connectivity index (χ4v) is 4.28. The number of thiazole rings is 1. The van der Waals surface area contributed by atoms with Gasteiger partial charge < -0.3 is 10.2 Å². The number of carbonyl (C=O) groups excluding carboxylic acids is 1. The molecule has 1 saturated heterocycles. The summed E-state index contributed by atoms with van der Waals surface area (Å²) < 4.78 is 0. The van der Waals surface area contributed by atoms with Gasteiger partial charge in [0.25, 0.3) is 5.91 Å². The van der Waals surface area contributed by atoms with E-state index in [1.54, 1.807) is 6.20 Å². The lowest BCUT2D eigenvalue weighted by atomic mass is 10.2. The van der Waals surface area contributed by atoms with Crippen LogP contribution in [0.1, 0.15) is 28.2 Å². The van der Waals surface area contributed by atoms with E-state index in [0.717, 1.165) is 29.5 Å². The first-order chi connectivity index (χ1) is 13.1. The summed E-state index contributed by atoms with van der Waals surface area (Å²) in [7, 11) is 0. The largest absolute Gasteiger partial charge is 0.357 e. The van der Waals surface area contributed by atoms with Crippen LogP contribution in [0, 0.1) is 6.92 Å². The second kappa shape index (κ2) is 7.66. The minimum Gasteiger partial charge on any atom is -0.357 e. The molecule has 1 amide bonds. The number of hydrogen-bond donors (Lipinski definition) is 1. The number of pyridine rings is 1. The van der Waals surface area contributed by atoms with E-state index < -0.39 is 0 Å². The van der Waals surface area contributed by atoms with Crippen molar-refractivity contribution in [1.82, 2.24) is 9.97 Å². The first-order valence-corrected chi connectivity index (χ1v) is 10.1. The summed E-state index contributed by atoms with van der Waals surface area (Å²) in [4.78, 5) is 24.5. The standard InChI is InChI=1S/C20H19ClN4OS/c1-13-18(27-20(23-13)14-5-4-6-15(21)11-14)19(26)24-16-7-8-17(22-12-16)25-9-2-3-10-25/h4-8,11-12H,2-3,9-10H2,1H3,(H,24,26). The molecular formula is C20H19ClN4OS. The van der Waals surface area contributed by atoms with E-state index in [0.29, 0.717) is 21.3 Å². The Bertz CT molecular complexity index is 964. The molecule has 5 nitrogen and oxygen atoms in total. The number of amides is 1. The molecule has 0 aliphatic carbocycles. The van der Waals surface area contributed by atoms with Gasteiger partial charge in [-0.2, -0.15) is 0 Å². The molecule has 1 N–H and O–H groups in total. The van der Waals surface area contributed by atoms with E-state index in [2.05, 4.69) is 20.2 Å². The number of halogens is 1. The molecule has 27 heavy (non-hydrogen) atoms. The third kappa shape index (κ3) is 3.96. The number of nitrogens with zero attached hydrogens (tertiary/aromatic N) is 3. The Balaban J connectivity index is 1.50. The molecule has 0 saturated carbocycles. The Labute approximate surface area is 167 Å². The number of rotatable bonds is 4. The van der Waals surface area contributed by atoms with Gasteiger partial charge in [-0.25, -0.2) is 9.97 Å². The van der Waals surface area contributed by atoms with Crippen molar-refractivity contribution in [2.24, 2.45) is 0 Å². The van der Waals surface area contributed by atoms with Gasteiger partial charge in [-0.1, -0.05) is 23.7 Å². The topological polar surface area (TPSA) is 58.1 Å². The number of anilines is 2. The van der Waals surface area contributed by atoms with E-state index in [4.69, 9.17) is 11.6 Å². The lowest BCUT2D eigenvalue weighted by molar-refractivity contribution is 0.103. The van der Waals surface area contributed by atoms with Gasteiger partial charge in [0.15, 0.2) is 0 Å². The summed E-state index contributed by atoms with van der Waals surface area (Å²) in [5, 5.41) is 4.35. The normalized spacial score (nSPS) is 13.8. The molecular weight excluding hydrogens is 380 g/mol. The third-order valence-corrected chi connectivity index (χ3v) is 5.95. The van der Waals surface area contributed by atoms with Crippen molar-refractivity contribution in [3.8, 4) is 10.6 Å². The molecule has 0 atom stereocenters. The fourth-order valence-electron chi connectivity index (χ4n) is 3.13.